The molecule has 1 aliphatic rings. The Morgan fingerprint density at radius 3 is 2.55 bits per heavy atom. The first-order valence-electron chi connectivity index (χ1n) is 7.49. The predicted octanol–water partition coefficient (Wildman–Crippen LogP) is 2.83. The van der Waals surface area contributed by atoms with E-state index in [1.54, 1.807) is 0 Å². The number of nitrogens with zero attached hydrogens (tertiary/aromatic N) is 3. The topological polar surface area (TPSA) is 41.0 Å². The van der Waals surface area contributed by atoms with Gasteiger partial charge in [0.25, 0.3) is 0 Å². The second-order valence-electron chi connectivity index (χ2n) is 5.53. The van der Waals surface area contributed by atoms with E-state index in [-0.39, 0.29) is 0 Å². The maximum absolute atomic E-state index is 4.36. The zero-order valence-corrected chi connectivity index (χ0v) is 12.3. The van der Waals surface area contributed by atoms with Gasteiger partial charge >= 0.3 is 0 Å². The van der Waals surface area contributed by atoms with E-state index >= 15 is 0 Å². The first-order valence-corrected chi connectivity index (χ1v) is 7.49. The minimum atomic E-state index is 0.512. The van der Waals surface area contributed by atoms with E-state index in [9.17, 15) is 0 Å². The summed E-state index contributed by atoms with van der Waals surface area (Å²) >= 11 is 0. The maximum Gasteiger partial charge on any atom is 0.156 e. The summed E-state index contributed by atoms with van der Waals surface area (Å²) < 4.78 is 0. The highest BCUT2D eigenvalue weighted by molar-refractivity contribution is 5.92. The molecule has 4 nitrogen and oxygen atoms in total. The first kappa shape index (κ1) is 13.3. The molecule has 1 aromatic carbocycles. The second-order valence-corrected chi connectivity index (χ2v) is 5.53. The Morgan fingerprint density at radius 2 is 1.85 bits per heavy atom. The van der Waals surface area contributed by atoms with Crippen LogP contribution in [0.1, 0.15) is 25.5 Å². The second kappa shape index (κ2) is 5.75. The number of rotatable bonds is 3. The third kappa shape index (κ3) is 2.61. The molecule has 4 heteroatoms. The molecule has 2 heterocycles. The Kier molecular flexibility index (Phi) is 3.83. The highest BCUT2D eigenvalue weighted by Crippen LogP contribution is 2.24. The summed E-state index contributed by atoms with van der Waals surface area (Å²) in [5.74, 6) is 0.932. The molecular formula is C16H22N4. The molecule has 1 aliphatic heterocycles. The van der Waals surface area contributed by atoms with Crippen molar-refractivity contribution >= 4 is 16.6 Å². The van der Waals surface area contributed by atoms with E-state index < -0.39 is 0 Å². The SMILES string of the molecule is CCN1CCC(Nc2nnc(C)c3ccccc23)CC1. The quantitative estimate of drug-likeness (QED) is 0.931. The molecule has 3 rings (SSSR count). The fourth-order valence-electron chi connectivity index (χ4n) is 2.93. The fourth-order valence-corrected chi connectivity index (χ4v) is 2.93. The number of hydrogen-bond donors (Lipinski definition) is 1. The first-order chi connectivity index (χ1) is 9.78. The number of aryl methyl sites for hydroxylation is 1. The molecular weight excluding hydrogens is 248 g/mol. The normalized spacial score (nSPS) is 17.5. The molecule has 0 unspecified atom stereocenters. The molecule has 106 valence electrons. The van der Waals surface area contributed by atoms with Crippen LogP contribution in [0.15, 0.2) is 24.3 Å². The van der Waals surface area contributed by atoms with Gasteiger partial charge in [0, 0.05) is 29.9 Å². The van der Waals surface area contributed by atoms with Crippen molar-refractivity contribution in [3.05, 3.63) is 30.0 Å². The number of nitrogens with one attached hydrogen (secondary N) is 1. The van der Waals surface area contributed by atoms with Crippen LogP contribution in [0, 0.1) is 6.92 Å². The number of piperidine rings is 1. The molecule has 1 aromatic heterocycles. The largest absolute Gasteiger partial charge is 0.365 e. The Balaban J connectivity index is 1.80. The average Bonchev–Trinajstić information content (AvgIpc) is 2.51. The third-order valence-electron chi connectivity index (χ3n) is 4.25. The number of fused-ring (bicyclic) bond motifs is 1. The Bertz CT molecular complexity index is 588. The molecule has 1 saturated heterocycles. The summed E-state index contributed by atoms with van der Waals surface area (Å²) in [4.78, 5) is 2.50. The van der Waals surface area contributed by atoms with Crippen LogP contribution in [0.4, 0.5) is 5.82 Å². The zero-order valence-electron chi connectivity index (χ0n) is 12.3. The van der Waals surface area contributed by atoms with Crippen LogP contribution < -0.4 is 5.32 Å². The summed E-state index contributed by atoms with van der Waals surface area (Å²) in [5, 5.41) is 14.6. The predicted molar refractivity (Wildman–Crippen MR) is 83.0 cm³/mol. The molecule has 0 aliphatic carbocycles. The lowest BCUT2D eigenvalue weighted by Crippen LogP contribution is -2.39. The van der Waals surface area contributed by atoms with Crippen molar-refractivity contribution in [3.63, 3.8) is 0 Å². The molecule has 1 N–H and O–H groups in total. The monoisotopic (exact) mass is 270 g/mol. The number of likely N-dealkylation sites (tertiary alicyclic amines) is 1. The van der Waals surface area contributed by atoms with Gasteiger partial charge in [-0.2, -0.15) is 5.10 Å². The van der Waals surface area contributed by atoms with E-state index in [1.165, 1.54) is 36.7 Å². The minimum absolute atomic E-state index is 0.512. The summed E-state index contributed by atoms with van der Waals surface area (Å²) in [7, 11) is 0. The van der Waals surface area contributed by atoms with Crippen LogP contribution in [0.2, 0.25) is 0 Å². The molecule has 0 radical (unpaired) electrons. The Hall–Kier alpha value is -1.68. The Labute approximate surface area is 120 Å². The van der Waals surface area contributed by atoms with E-state index in [1.807, 2.05) is 6.92 Å². The van der Waals surface area contributed by atoms with Gasteiger partial charge in [0.1, 0.15) is 0 Å². The van der Waals surface area contributed by atoms with Gasteiger partial charge in [-0.15, -0.1) is 5.10 Å². The lowest BCUT2D eigenvalue weighted by Gasteiger charge is -2.31. The summed E-state index contributed by atoms with van der Waals surface area (Å²) in [6.45, 7) is 7.74. The third-order valence-corrected chi connectivity index (χ3v) is 4.25. The molecule has 0 amide bonds. The molecule has 20 heavy (non-hydrogen) atoms. The number of benzene rings is 1. The van der Waals surface area contributed by atoms with Crippen molar-refractivity contribution in [2.45, 2.75) is 32.7 Å². The van der Waals surface area contributed by atoms with E-state index in [4.69, 9.17) is 0 Å². The molecule has 0 bridgehead atoms. The lowest BCUT2D eigenvalue weighted by atomic mass is 10.0. The molecule has 2 aromatic rings. The number of hydrogen-bond acceptors (Lipinski definition) is 4. The van der Waals surface area contributed by atoms with E-state index in [2.05, 4.69) is 51.6 Å². The zero-order chi connectivity index (χ0) is 13.9. The van der Waals surface area contributed by atoms with Crippen molar-refractivity contribution in [2.24, 2.45) is 0 Å². The highest BCUT2D eigenvalue weighted by Gasteiger charge is 2.19. The molecule has 0 spiro atoms. The molecule has 1 fully saturated rings. The summed E-state index contributed by atoms with van der Waals surface area (Å²) in [5.41, 5.74) is 0.993. The van der Waals surface area contributed by atoms with Crippen molar-refractivity contribution in [2.75, 3.05) is 25.0 Å². The van der Waals surface area contributed by atoms with Gasteiger partial charge in [-0.05, 0) is 26.3 Å². The number of aromatic nitrogens is 2. The van der Waals surface area contributed by atoms with Gasteiger partial charge in [0.15, 0.2) is 5.82 Å². The highest BCUT2D eigenvalue weighted by atomic mass is 15.2. The van der Waals surface area contributed by atoms with Gasteiger partial charge in [-0.25, -0.2) is 0 Å². The van der Waals surface area contributed by atoms with Crippen LogP contribution in [0.25, 0.3) is 10.8 Å². The minimum Gasteiger partial charge on any atom is -0.365 e. The van der Waals surface area contributed by atoms with Gasteiger partial charge in [0.05, 0.1) is 5.69 Å². The van der Waals surface area contributed by atoms with E-state index in [0.29, 0.717) is 6.04 Å². The van der Waals surface area contributed by atoms with Crippen molar-refractivity contribution in [3.8, 4) is 0 Å². The van der Waals surface area contributed by atoms with Crippen LogP contribution in [0.5, 0.6) is 0 Å². The van der Waals surface area contributed by atoms with Crippen LogP contribution in [-0.2, 0) is 0 Å². The summed E-state index contributed by atoms with van der Waals surface area (Å²) in [6.07, 6.45) is 2.36. The maximum atomic E-state index is 4.36. The molecule has 0 saturated carbocycles. The lowest BCUT2D eigenvalue weighted by molar-refractivity contribution is 0.229. The molecule has 0 atom stereocenters. The van der Waals surface area contributed by atoms with Gasteiger partial charge < -0.3 is 10.2 Å². The van der Waals surface area contributed by atoms with Crippen molar-refractivity contribution in [1.82, 2.24) is 15.1 Å². The average molecular weight is 270 g/mol. The van der Waals surface area contributed by atoms with Gasteiger partial charge in [-0.1, -0.05) is 31.2 Å². The number of anilines is 1. The van der Waals surface area contributed by atoms with Gasteiger partial charge in [0.2, 0.25) is 0 Å². The van der Waals surface area contributed by atoms with Crippen LogP contribution in [0.3, 0.4) is 0 Å². The smallest absolute Gasteiger partial charge is 0.156 e. The fraction of sp³-hybridized carbons (Fsp3) is 0.500. The van der Waals surface area contributed by atoms with Gasteiger partial charge in [-0.3, -0.25) is 0 Å². The van der Waals surface area contributed by atoms with Crippen molar-refractivity contribution in [1.29, 1.82) is 0 Å². The van der Waals surface area contributed by atoms with E-state index in [0.717, 1.165) is 18.1 Å². The Morgan fingerprint density at radius 1 is 1.15 bits per heavy atom. The van der Waals surface area contributed by atoms with Crippen LogP contribution in [-0.4, -0.2) is 40.8 Å². The van der Waals surface area contributed by atoms with Crippen LogP contribution >= 0.6 is 0 Å². The summed E-state index contributed by atoms with van der Waals surface area (Å²) in [6, 6.07) is 8.87. The standard InChI is InChI=1S/C16H22N4/c1-3-20-10-8-13(9-11-20)17-16-15-7-5-4-6-14(15)12(2)18-19-16/h4-7,13H,3,8-11H2,1-2H3,(H,17,19). The van der Waals surface area contributed by atoms with Crippen molar-refractivity contribution < 1.29 is 0 Å².